The van der Waals surface area contributed by atoms with Gasteiger partial charge in [-0.2, -0.15) is 0 Å². The first kappa shape index (κ1) is 13.9. The van der Waals surface area contributed by atoms with E-state index in [1.807, 2.05) is 36.6 Å². The van der Waals surface area contributed by atoms with Crippen LogP contribution in [-0.4, -0.2) is 12.0 Å². The third kappa shape index (κ3) is 3.07. The Labute approximate surface area is 119 Å². The van der Waals surface area contributed by atoms with Gasteiger partial charge in [-0.3, -0.25) is 4.79 Å². The molecule has 0 heterocycles. The molecule has 0 aromatic heterocycles. The van der Waals surface area contributed by atoms with Crippen LogP contribution in [0.25, 0.3) is 0 Å². The molecule has 0 aliphatic heterocycles. The van der Waals surface area contributed by atoms with Gasteiger partial charge in [-0.15, -0.1) is 11.8 Å². The largest absolute Gasteiger partial charge is 0.293 e. The quantitative estimate of drug-likeness (QED) is 0.756. The molecular weight excluding hydrogens is 252 g/mol. The Hall–Kier alpha value is -1.54. The van der Waals surface area contributed by atoms with Gasteiger partial charge in [0.2, 0.25) is 0 Å². The zero-order chi connectivity index (χ0) is 13.8. The summed E-state index contributed by atoms with van der Waals surface area (Å²) in [6.07, 6.45) is 1.99. The van der Waals surface area contributed by atoms with Gasteiger partial charge in [0.1, 0.15) is 0 Å². The second-order valence-corrected chi connectivity index (χ2v) is 5.65. The lowest BCUT2D eigenvalue weighted by Gasteiger charge is -2.17. The predicted octanol–water partition coefficient (Wildman–Crippen LogP) is 4.59. The minimum Gasteiger partial charge on any atom is -0.293 e. The Balaban J connectivity index is 2.40. The molecule has 0 saturated heterocycles. The molecule has 0 aliphatic carbocycles. The topological polar surface area (TPSA) is 17.1 Å². The summed E-state index contributed by atoms with van der Waals surface area (Å²) in [6, 6.07) is 15.8. The van der Waals surface area contributed by atoms with Gasteiger partial charge in [0.05, 0.1) is 5.25 Å². The van der Waals surface area contributed by atoms with Crippen molar-refractivity contribution in [2.75, 3.05) is 6.26 Å². The van der Waals surface area contributed by atoms with Crippen LogP contribution < -0.4 is 0 Å². The summed E-state index contributed by atoms with van der Waals surface area (Å²) in [6.45, 7) is 4.13. The van der Waals surface area contributed by atoms with Crippen molar-refractivity contribution in [2.45, 2.75) is 19.1 Å². The van der Waals surface area contributed by atoms with E-state index in [2.05, 4.69) is 32.0 Å². The van der Waals surface area contributed by atoms with Gasteiger partial charge >= 0.3 is 0 Å². The number of hydrogen-bond donors (Lipinski definition) is 0. The maximum atomic E-state index is 12.6. The molecule has 19 heavy (non-hydrogen) atoms. The molecule has 1 nitrogen and oxygen atoms in total. The van der Waals surface area contributed by atoms with E-state index in [9.17, 15) is 4.79 Å². The normalized spacial score (nSPS) is 12.2. The Morgan fingerprint density at radius 1 is 1.05 bits per heavy atom. The van der Waals surface area contributed by atoms with Gasteiger partial charge < -0.3 is 0 Å². The van der Waals surface area contributed by atoms with Gasteiger partial charge in [-0.1, -0.05) is 54.1 Å². The molecule has 0 N–H and O–H groups in total. The molecular formula is C17H18OS. The fourth-order valence-corrected chi connectivity index (χ4v) is 3.03. The summed E-state index contributed by atoms with van der Waals surface area (Å²) in [5.74, 6) is 0.182. The van der Waals surface area contributed by atoms with Crippen molar-refractivity contribution in [1.29, 1.82) is 0 Å². The monoisotopic (exact) mass is 270 g/mol. The van der Waals surface area contributed by atoms with E-state index in [0.717, 1.165) is 11.1 Å². The smallest absolute Gasteiger partial charge is 0.180 e. The summed E-state index contributed by atoms with van der Waals surface area (Å²) >= 11 is 1.60. The van der Waals surface area contributed by atoms with Crippen molar-refractivity contribution in [1.82, 2.24) is 0 Å². The molecule has 2 aromatic rings. The van der Waals surface area contributed by atoms with E-state index in [-0.39, 0.29) is 11.0 Å². The average Bonchev–Trinajstić information content (AvgIpc) is 2.44. The van der Waals surface area contributed by atoms with Crippen LogP contribution >= 0.6 is 11.8 Å². The maximum absolute atomic E-state index is 12.6. The lowest BCUT2D eigenvalue weighted by Crippen LogP contribution is -2.11. The van der Waals surface area contributed by atoms with Crippen LogP contribution in [0.2, 0.25) is 0 Å². The first-order valence-corrected chi connectivity index (χ1v) is 7.61. The fourth-order valence-electron chi connectivity index (χ4n) is 2.17. The van der Waals surface area contributed by atoms with Crippen LogP contribution in [-0.2, 0) is 0 Å². The molecule has 0 spiro atoms. The molecule has 98 valence electrons. The molecule has 2 rings (SSSR count). The summed E-state index contributed by atoms with van der Waals surface area (Å²) in [5.41, 5.74) is 4.28. The Morgan fingerprint density at radius 2 is 1.74 bits per heavy atom. The first-order chi connectivity index (χ1) is 9.13. The molecule has 0 fully saturated rings. The number of hydrogen-bond acceptors (Lipinski definition) is 2. The van der Waals surface area contributed by atoms with E-state index >= 15 is 0 Å². The first-order valence-electron chi connectivity index (χ1n) is 6.32. The Kier molecular flexibility index (Phi) is 4.43. The summed E-state index contributed by atoms with van der Waals surface area (Å²) in [5, 5.41) is -0.123. The highest BCUT2D eigenvalue weighted by Gasteiger charge is 2.22. The van der Waals surface area contributed by atoms with Crippen molar-refractivity contribution in [2.24, 2.45) is 0 Å². The standard InChI is InChI=1S/C17H18OS/c1-12-9-10-13(2)15(11-12)17(19-3)16(18)14-7-5-4-6-8-14/h4-11,17H,1-3H3. The zero-order valence-corrected chi connectivity index (χ0v) is 12.3. The van der Waals surface area contributed by atoms with Crippen LogP contribution in [0.3, 0.4) is 0 Å². The van der Waals surface area contributed by atoms with Crippen LogP contribution in [0.1, 0.15) is 32.3 Å². The molecule has 2 aromatic carbocycles. The summed E-state index contributed by atoms with van der Waals surface area (Å²) in [4.78, 5) is 12.6. The molecule has 0 bridgehead atoms. The summed E-state index contributed by atoms with van der Waals surface area (Å²) < 4.78 is 0. The maximum Gasteiger partial charge on any atom is 0.180 e. The molecule has 0 saturated carbocycles. The molecule has 0 amide bonds. The number of ketones is 1. The van der Waals surface area contributed by atoms with Crippen molar-refractivity contribution < 1.29 is 4.79 Å². The highest BCUT2D eigenvalue weighted by atomic mass is 32.2. The highest BCUT2D eigenvalue weighted by molar-refractivity contribution is 7.99. The minimum absolute atomic E-state index is 0.123. The van der Waals surface area contributed by atoms with Gasteiger partial charge in [0.15, 0.2) is 5.78 Å². The fraction of sp³-hybridized carbons (Fsp3) is 0.235. The summed E-state index contributed by atoms with van der Waals surface area (Å²) in [7, 11) is 0. The lowest BCUT2D eigenvalue weighted by molar-refractivity contribution is 0.0989. The van der Waals surface area contributed by atoms with E-state index in [0.29, 0.717) is 0 Å². The number of thioether (sulfide) groups is 1. The second kappa shape index (κ2) is 6.07. The zero-order valence-electron chi connectivity index (χ0n) is 11.5. The number of Topliss-reactive ketones (excluding diaryl/α,β-unsaturated/α-hetero) is 1. The Bertz CT molecular complexity index is 575. The van der Waals surface area contributed by atoms with Crippen molar-refractivity contribution in [3.05, 3.63) is 70.8 Å². The van der Waals surface area contributed by atoms with Gasteiger partial charge in [0, 0.05) is 5.56 Å². The van der Waals surface area contributed by atoms with Crippen LogP contribution in [0.5, 0.6) is 0 Å². The minimum atomic E-state index is -0.123. The second-order valence-electron chi connectivity index (χ2n) is 4.71. The Morgan fingerprint density at radius 3 is 2.37 bits per heavy atom. The highest BCUT2D eigenvalue weighted by Crippen LogP contribution is 2.33. The average molecular weight is 270 g/mol. The van der Waals surface area contributed by atoms with Crippen molar-refractivity contribution in [3.8, 4) is 0 Å². The van der Waals surface area contributed by atoms with Gasteiger partial charge in [-0.05, 0) is 31.2 Å². The number of aryl methyl sites for hydroxylation is 2. The van der Waals surface area contributed by atoms with E-state index in [4.69, 9.17) is 0 Å². The van der Waals surface area contributed by atoms with Crippen molar-refractivity contribution in [3.63, 3.8) is 0 Å². The third-order valence-electron chi connectivity index (χ3n) is 3.25. The SMILES string of the molecule is CSC(C(=O)c1ccccc1)c1cc(C)ccc1C. The molecule has 1 atom stereocenters. The molecule has 1 unspecified atom stereocenters. The van der Waals surface area contributed by atoms with Crippen LogP contribution in [0, 0.1) is 13.8 Å². The van der Waals surface area contributed by atoms with E-state index in [1.54, 1.807) is 11.8 Å². The van der Waals surface area contributed by atoms with E-state index < -0.39 is 0 Å². The van der Waals surface area contributed by atoms with Crippen molar-refractivity contribution >= 4 is 17.5 Å². The number of benzene rings is 2. The van der Waals surface area contributed by atoms with E-state index in [1.165, 1.54) is 11.1 Å². The number of rotatable bonds is 4. The van der Waals surface area contributed by atoms with Crippen LogP contribution in [0.15, 0.2) is 48.5 Å². The third-order valence-corrected chi connectivity index (χ3v) is 4.19. The van der Waals surface area contributed by atoms with Gasteiger partial charge in [0.25, 0.3) is 0 Å². The van der Waals surface area contributed by atoms with Gasteiger partial charge in [-0.25, -0.2) is 0 Å². The number of carbonyl (C=O) groups is 1. The molecule has 0 aliphatic rings. The van der Waals surface area contributed by atoms with Crippen LogP contribution in [0.4, 0.5) is 0 Å². The predicted molar refractivity (Wildman–Crippen MR) is 82.9 cm³/mol. The molecule has 0 radical (unpaired) electrons. The lowest BCUT2D eigenvalue weighted by atomic mass is 9.97. The molecule has 2 heteroatoms. The number of carbonyl (C=O) groups excluding carboxylic acids is 1.